The van der Waals surface area contributed by atoms with Gasteiger partial charge < -0.3 is 0 Å². The summed E-state index contributed by atoms with van der Waals surface area (Å²) in [6, 6.07) is 14.8. The first-order valence-corrected chi connectivity index (χ1v) is 7.36. The van der Waals surface area contributed by atoms with E-state index < -0.39 is 0 Å². The van der Waals surface area contributed by atoms with Crippen molar-refractivity contribution in [3.63, 3.8) is 0 Å². The van der Waals surface area contributed by atoms with Crippen LogP contribution in [0.1, 0.15) is 11.1 Å². The quantitative estimate of drug-likeness (QED) is 0.522. The first-order valence-electron chi connectivity index (χ1n) is 6.54. The molecule has 20 heavy (non-hydrogen) atoms. The third kappa shape index (κ3) is 1.58. The van der Waals surface area contributed by atoms with E-state index >= 15 is 0 Å². The van der Waals surface area contributed by atoms with Gasteiger partial charge in [0, 0.05) is 5.56 Å². The summed E-state index contributed by atoms with van der Waals surface area (Å²) in [6.07, 6.45) is 0. The lowest BCUT2D eigenvalue weighted by Gasteiger charge is -2.03. The summed E-state index contributed by atoms with van der Waals surface area (Å²) in [5.41, 5.74) is 4.80. The largest absolute Gasteiger partial charge is 0.265 e. The van der Waals surface area contributed by atoms with Gasteiger partial charge in [0.2, 0.25) is 4.96 Å². The minimum absolute atomic E-state index is 0.926. The number of fused-ring (bicyclic) bond motifs is 3. The van der Waals surface area contributed by atoms with Crippen LogP contribution in [0.3, 0.4) is 0 Å². The lowest BCUT2D eigenvalue weighted by molar-refractivity contribution is 1.11. The van der Waals surface area contributed by atoms with E-state index in [1.54, 1.807) is 11.3 Å². The van der Waals surface area contributed by atoms with Crippen LogP contribution in [0.4, 0.5) is 0 Å². The minimum atomic E-state index is 0.926. The Morgan fingerprint density at radius 1 is 1.00 bits per heavy atom. The van der Waals surface area contributed by atoms with Crippen molar-refractivity contribution in [3.05, 3.63) is 53.6 Å². The van der Waals surface area contributed by atoms with Gasteiger partial charge in [-0.3, -0.25) is 4.40 Å². The van der Waals surface area contributed by atoms with E-state index in [-0.39, 0.29) is 0 Å². The fourth-order valence-corrected chi connectivity index (χ4v) is 3.48. The third-order valence-electron chi connectivity index (χ3n) is 3.58. The highest BCUT2D eigenvalue weighted by Gasteiger charge is 2.14. The summed E-state index contributed by atoms with van der Waals surface area (Å²) in [5, 5.41) is 8.72. The molecule has 0 aliphatic heterocycles. The normalized spacial score (nSPS) is 11.5. The van der Waals surface area contributed by atoms with Crippen molar-refractivity contribution in [3.8, 4) is 11.4 Å². The minimum Gasteiger partial charge on any atom is -0.265 e. The molecule has 0 bridgehead atoms. The van der Waals surface area contributed by atoms with E-state index in [4.69, 9.17) is 0 Å². The fourth-order valence-electron chi connectivity index (χ4n) is 2.54. The second-order valence-corrected chi connectivity index (χ2v) is 6.04. The van der Waals surface area contributed by atoms with Gasteiger partial charge in [-0.2, -0.15) is 0 Å². The van der Waals surface area contributed by atoms with Gasteiger partial charge in [-0.05, 0) is 37.1 Å². The molecule has 0 saturated carbocycles. The van der Waals surface area contributed by atoms with Crippen LogP contribution in [0, 0.1) is 13.8 Å². The molecule has 2 aromatic carbocycles. The zero-order chi connectivity index (χ0) is 13.7. The molecule has 0 fully saturated rings. The van der Waals surface area contributed by atoms with Gasteiger partial charge in [-0.1, -0.05) is 41.7 Å². The molecule has 0 amide bonds. The highest BCUT2D eigenvalue weighted by molar-refractivity contribution is 7.23. The van der Waals surface area contributed by atoms with Crippen molar-refractivity contribution in [2.45, 2.75) is 13.8 Å². The maximum Gasteiger partial charge on any atom is 0.217 e. The summed E-state index contributed by atoms with van der Waals surface area (Å²) >= 11 is 1.68. The summed E-state index contributed by atoms with van der Waals surface area (Å²) < 4.78 is 3.41. The van der Waals surface area contributed by atoms with Crippen LogP contribution in [0.15, 0.2) is 42.5 Å². The molecule has 3 nitrogen and oxygen atoms in total. The Kier molecular flexibility index (Phi) is 2.41. The third-order valence-corrected chi connectivity index (χ3v) is 4.59. The zero-order valence-corrected chi connectivity index (χ0v) is 12.1. The number of hydrogen-bond acceptors (Lipinski definition) is 3. The van der Waals surface area contributed by atoms with Crippen LogP contribution >= 0.6 is 11.3 Å². The second kappa shape index (κ2) is 4.15. The second-order valence-electron chi connectivity index (χ2n) is 5.03. The Labute approximate surface area is 120 Å². The monoisotopic (exact) mass is 279 g/mol. The molecule has 0 spiro atoms. The smallest absolute Gasteiger partial charge is 0.217 e. The van der Waals surface area contributed by atoms with E-state index in [1.165, 1.54) is 21.3 Å². The number of rotatable bonds is 1. The molecule has 0 radical (unpaired) electrons. The van der Waals surface area contributed by atoms with Crippen molar-refractivity contribution in [2.24, 2.45) is 0 Å². The predicted octanol–water partition coefficient (Wildman–Crippen LogP) is 4.23. The van der Waals surface area contributed by atoms with Gasteiger partial charge in [0.25, 0.3) is 0 Å². The highest BCUT2D eigenvalue weighted by Crippen LogP contribution is 2.31. The number of thiazole rings is 1. The van der Waals surface area contributed by atoms with E-state index in [1.807, 2.05) is 12.1 Å². The molecule has 4 rings (SSSR count). The van der Waals surface area contributed by atoms with Gasteiger partial charge in [0.05, 0.1) is 10.2 Å². The van der Waals surface area contributed by atoms with E-state index in [0.717, 1.165) is 16.3 Å². The van der Waals surface area contributed by atoms with Gasteiger partial charge in [0.15, 0.2) is 5.82 Å². The van der Waals surface area contributed by atoms with Crippen LogP contribution in [0.2, 0.25) is 0 Å². The molecule has 98 valence electrons. The average Bonchev–Trinajstić information content (AvgIpc) is 2.99. The summed E-state index contributed by atoms with van der Waals surface area (Å²) in [4.78, 5) is 0.948. The lowest BCUT2D eigenvalue weighted by Crippen LogP contribution is -1.90. The molecule has 0 unspecified atom stereocenters. The standard InChI is InChI=1S/C16H13N3S/c1-10-7-8-14-13(9-10)19-15(17-18-16(19)20-14)12-6-4-3-5-11(12)2/h3-9H,1-2H3. The molecule has 2 heterocycles. The molecule has 0 atom stereocenters. The molecule has 0 aliphatic carbocycles. The topological polar surface area (TPSA) is 30.2 Å². The Morgan fingerprint density at radius 2 is 1.85 bits per heavy atom. The predicted molar refractivity (Wildman–Crippen MR) is 83.3 cm³/mol. The van der Waals surface area contributed by atoms with Gasteiger partial charge in [0.1, 0.15) is 0 Å². The molecular formula is C16H13N3S. The summed E-state index contributed by atoms with van der Waals surface area (Å²) in [6.45, 7) is 4.22. The molecule has 2 aromatic heterocycles. The summed E-state index contributed by atoms with van der Waals surface area (Å²) in [7, 11) is 0. The number of benzene rings is 2. The zero-order valence-electron chi connectivity index (χ0n) is 11.3. The Morgan fingerprint density at radius 3 is 2.70 bits per heavy atom. The number of hydrogen-bond donors (Lipinski definition) is 0. The molecule has 4 aromatic rings. The average molecular weight is 279 g/mol. The van der Waals surface area contributed by atoms with Crippen molar-refractivity contribution in [1.29, 1.82) is 0 Å². The van der Waals surface area contributed by atoms with E-state index in [2.05, 4.69) is 58.8 Å². The maximum absolute atomic E-state index is 4.39. The number of aromatic nitrogens is 3. The van der Waals surface area contributed by atoms with E-state index in [9.17, 15) is 0 Å². The summed E-state index contributed by atoms with van der Waals surface area (Å²) in [5.74, 6) is 0.926. The van der Waals surface area contributed by atoms with Crippen molar-refractivity contribution < 1.29 is 0 Å². The van der Waals surface area contributed by atoms with Crippen molar-refractivity contribution in [1.82, 2.24) is 14.6 Å². The first-order chi connectivity index (χ1) is 9.74. The van der Waals surface area contributed by atoms with Crippen LogP contribution in [-0.4, -0.2) is 14.6 Å². The van der Waals surface area contributed by atoms with Gasteiger partial charge >= 0.3 is 0 Å². The van der Waals surface area contributed by atoms with Crippen LogP contribution in [0.25, 0.3) is 26.6 Å². The Hall–Kier alpha value is -2.20. The molecule has 0 saturated heterocycles. The van der Waals surface area contributed by atoms with E-state index in [0.29, 0.717) is 0 Å². The molecule has 4 heteroatoms. The molecular weight excluding hydrogens is 266 g/mol. The fraction of sp³-hybridized carbons (Fsp3) is 0.125. The molecule has 0 aliphatic rings. The van der Waals surface area contributed by atoms with Crippen molar-refractivity contribution in [2.75, 3.05) is 0 Å². The van der Waals surface area contributed by atoms with Gasteiger partial charge in [-0.25, -0.2) is 0 Å². The van der Waals surface area contributed by atoms with Crippen LogP contribution < -0.4 is 0 Å². The Bertz CT molecular complexity index is 933. The number of nitrogens with zero attached hydrogens (tertiary/aromatic N) is 3. The van der Waals surface area contributed by atoms with Crippen molar-refractivity contribution >= 4 is 26.5 Å². The lowest BCUT2D eigenvalue weighted by atomic mass is 10.1. The first kappa shape index (κ1) is 11.6. The number of aryl methyl sites for hydroxylation is 2. The maximum atomic E-state index is 4.39. The van der Waals surface area contributed by atoms with Gasteiger partial charge in [-0.15, -0.1) is 10.2 Å². The SMILES string of the molecule is Cc1ccc2sc3nnc(-c4ccccc4C)n3c2c1. The molecule has 0 N–H and O–H groups in total. The van der Waals surface area contributed by atoms with Crippen LogP contribution in [0.5, 0.6) is 0 Å². The van der Waals surface area contributed by atoms with Crippen LogP contribution in [-0.2, 0) is 0 Å². The highest BCUT2D eigenvalue weighted by atomic mass is 32.1. The Balaban J connectivity index is 2.13.